The zero-order valence-electron chi connectivity index (χ0n) is 17.8. The summed E-state index contributed by atoms with van der Waals surface area (Å²) >= 11 is 1.23. The van der Waals surface area contributed by atoms with Crippen molar-refractivity contribution < 1.29 is 19.6 Å². The molecule has 0 fully saturated rings. The first kappa shape index (κ1) is 23.8. The van der Waals surface area contributed by atoms with Gasteiger partial charge in [-0.25, -0.2) is 0 Å². The first-order valence-electron chi connectivity index (χ1n) is 10.8. The van der Waals surface area contributed by atoms with Gasteiger partial charge in [-0.1, -0.05) is 73.9 Å². The third kappa shape index (κ3) is 7.41. The lowest BCUT2D eigenvalue weighted by Crippen LogP contribution is -2.41. The molecule has 1 heterocycles. The average molecular weight is 450 g/mol. The molecule has 1 atom stereocenters. The van der Waals surface area contributed by atoms with Gasteiger partial charge in [0, 0.05) is 6.42 Å². The number of benzene rings is 2. The number of thiazole rings is 1. The molecule has 32 heavy (non-hydrogen) atoms. The lowest BCUT2D eigenvalue weighted by atomic mass is 9.83. The molecule has 6 nitrogen and oxygen atoms in total. The molecule has 0 aliphatic rings. The van der Waals surface area contributed by atoms with Gasteiger partial charge in [0.1, 0.15) is 4.88 Å². The SMILES string of the molecule is O=C(NC(CCCCCB(O)O)C(=O)Cc1cccc(-c2ccccc2)c1)c1cncs1. The fourth-order valence-electron chi connectivity index (χ4n) is 3.54. The molecular weight excluding hydrogens is 423 g/mol. The van der Waals surface area contributed by atoms with Crippen molar-refractivity contribution in [2.45, 2.75) is 44.5 Å². The molecule has 3 N–H and O–H groups in total. The second kappa shape index (κ2) is 12.3. The van der Waals surface area contributed by atoms with Crippen LogP contribution >= 0.6 is 11.3 Å². The zero-order chi connectivity index (χ0) is 22.8. The van der Waals surface area contributed by atoms with Crippen LogP contribution in [0.5, 0.6) is 0 Å². The van der Waals surface area contributed by atoms with Crippen LogP contribution in [0.15, 0.2) is 66.3 Å². The molecule has 0 spiro atoms. The number of ketones is 1. The Morgan fingerprint density at radius 2 is 1.78 bits per heavy atom. The highest BCUT2D eigenvalue weighted by molar-refractivity contribution is 7.11. The second-order valence-electron chi connectivity index (χ2n) is 7.72. The van der Waals surface area contributed by atoms with Crippen molar-refractivity contribution in [3.05, 3.63) is 76.7 Å². The number of aromatic nitrogens is 1. The van der Waals surface area contributed by atoms with E-state index in [0.29, 0.717) is 30.5 Å². The van der Waals surface area contributed by atoms with Crippen molar-refractivity contribution in [1.82, 2.24) is 10.3 Å². The Morgan fingerprint density at radius 3 is 2.50 bits per heavy atom. The predicted octanol–water partition coefficient (Wildman–Crippen LogP) is 3.75. The molecule has 0 aliphatic heterocycles. The zero-order valence-corrected chi connectivity index (χ0v) is 18.6. The van der Waals surface area contributed by atoms with Crippen molar-refractivity contribution >= 4 is 30.1 Å². The van der Waals surface area contributed by atoms with E-state index in [0.717, 1.165) is 23.1 Å². The van der Waals surface area contributed by atoms with Gasteiger partial charge >= 0.3 is 7.12 Å². The first-order chi connectivity index (χ1) is 15.5. The molecule has 0 radical (unpaired) electrons. The summed E-state index contributed by atoms with van der Waals surface area (Å²) in [5, 5.41) is 20.8. The Bertz CT molecular complexity index is 996. The fraction of sp³-hybridized carbons (Fsp3) is 0.292. The smallest absolute Gasteiger partial charge is 0.427 e. The summed E-state index contributed by atoms with van der Waals surface area (Å²) in [6.45, 7) is 0. The van der Waals surface area contributed by atoms with E-state index in [2.05, 4.69) is 10.3 Å². The third-order valence-electron chi connectivity index (χ3n) is 5.22. The topological polar surface area (TPSA) is 99.5 Å². The van der Waals surface area contributed by atoms with Crippen LogP contribution in [-0.4, -0.2) is 39.9 Å². The quantitative estimate of drug-likeness (QED) is 0.288. The summed E-state index contributed by atoms with van der Waals surface area (Å²) in [5.41, 5.74) is 4.62. The molecule has 0 aliphatic carbocycles. The summed E-state index contributed by atoms with van der Waals surface area (Å²) < 4.78 is 0. The van der Waals surface area contributed by atoms with Crippen LogP contribution in [0.25, 0.3) is 11.1 Å². The lowest BCUT2D eigenvalue weighted by Gasteiger charge is -2.18. The maximum absolute atomic E-state index is 13.1. The molecule has 1 unspecified atom stereocenters. The molecule has 3 rings (SSSR count). The van der Waals surface area contributed by atoms with Gasteiger partial charge in [0.2, 0.25) is 0 Å². The maximum atomic E-state index is 13.1. The first-order valence-corrected chi connectivity index (χ1v) is 11.6. The molecule has 0 saturated heterocycles. The van der Waals surface area contributed by atoms with E-state index >= 15 is 0 Å². The summed E-state index contributed by atoms with van der Waals surface area (Å²) in [6, 6.07) is 17.3. The van der Waals surface area contributed by atoms with Crippen LogP contribution in [0.3, 0.4) is 0 Å². The van der Waals surface area contributed by atoms with Gasteiger partial charge in [-0.05, 0) is 29.4 Å². The number of nitrogens with zero attached hydrogens (tertiary/aromatic N) is 1. The van der Waals surface area contributed by atoms with Gasteiger partial charge in [0.25, 0.3) is 5.91 Å². The van der Waals surface area contributed by atoms with Crippen LogP contribution in [0, 0.1) is 0 Å². The van der Waals surface area contributed by atoms with Crippen LogP contribution < -0.4 is 5.32 Å². The maximum Gasteiger partial charge on any atom is 0.451 e. The molecule has 0 bridgehead atoms. The van der Waals surface area contributed by atoms with Gasteiger partial charge in [-0.3, -0.25) is 14.6 Å². The molecule has 0 saturated carbocycles. The summed E-state index contributed by atoms with van der Waals surface area (Å²) in [6.07, 6.45) is 4.64. The van der Waals surface area contributed by atoms with Crippen molar-refractivity contribution in [3.63, 3.8) is 0 Å². The predicted molar refractivity (Wildman–Crippen MR) is 127 cm³/mol. The molecular formula is C24H27BN2O4S. The van der Waals surface area contributed by atoms with E-state index in [1.54, 1.807) is 5.51 Å². The van der Waals surface area contributed by atoms with Crippen molar-refractivity contribution in [3.8, 4) is 11.1 Å². The Labute approximate surface area is 192 Å². The monoisotopic (exact) mass is 450 g/mol. The number of hydrogen-bond donors (Lipinski definition) is 3. The fourth-order valence-corrected chi connectivity index (χ4v) is 4.06. The Balaban J connectivity index is 1.66. The number of carbonyl (C=O) groups is 2. The number of unbranched alkanes of at least 4 members (excludes halogenated alkanes) is 2. The number of Topliss-reactive ketones (excluding diaryl/α,β-unsaturated/α-hetero) is 1. The van der Waals surface area contributed by atoms with Crippen LogP contribution in [-0.2, 0) is 11.2 Å². The van der Waals surface area contributed by atoms with Crippen molar-refractivity contribution in [2.75, 3.05) is 0 Å². The minimum atomic E-state index is -1.31. The molecule has 3 aromatic rings. The molecule has 2 aromatic carbocycles. The normalized spacial score (nSPS) is 11.7. The standard InChI is InChI=1S/C24H27BN2O4S/c28-22(15-18-8-7-11-20(14-18)19-9-3-1-4-10-19)21(12-5-2-6-13-25(30)31)27-24(29)23-16-26-17-32-23/h1,3-4,7-11,14,16-17,21,30-31H,2,5-6,12-13,15H2,(H,27,29). The molecule has 166 valence electrons. The van der Waals surface area contributed by atoms with Gasteiger partial charge in [0.05, 0.1) is 17.7 Å². The van der Waals surface area contributed by atoms with Crippen molar-refractivity contribution in [2.24, 2.45) is 0 Å². The molecule has 8 heteroatoms. The van der Waals surface area contributed by atoms with Crippen LogP contribution in [0.1, 0.15) is 40.9 Å². The Morgan fingerprint density at radius 1 is 1.00 bits per heavy atom. The van der Waals surface area contributed by atoms with Gasteiger partial charge in [-0.15, -0.1) is 11.3 Å². The average Bonchev–Trinajstić information content (AvgIpc) is 3.34. The Hall–Kier alpha value is -2.81. The minimum absolute atomic E-state index is 0.0460. The number of carbonyl (C=O) groups excluding carboxylic acids is 2. The highest BCUT2D eigenvalue weighted by Gasteiger charge is 2.22. The van der Waals surface area contributed by atoms with Gasteiger partial charge in [-0.2, -0.15) is 0 Å². The molecule has 1 amide bonds. The lowest BCUT2D eigenvalue weighted by molar-refractivity contribution is -0.120. The van der Waals surface area contributed by atoms with Crippen LogP contribution in [0.2, 0.25) is 6.32 Å². The number of nitrogens with one attached hydrogen (secondary N) is 1. The third-order valence-corrected chi connectivity index (χ3v) is 5.99. The van der Waals surface area contributed by atoms with Gasteiger partial charge < -0.3 is 15.4 Å². The molecule has 1 aromatic heterocycles. The summed E-state index contributed by atoms with van der Waals surface area (Å²) in [5.74, 6) is -0.343. The van der Waals surface area contributed by atoms with E-state index in [1.807, 2.05) is 54.6 Å². The van der Waals surface area contributed by atoms with Gasteiger partial charge in [0.15, 0.2) is 5.78 Å². The van der Waals surface area contributed by atoms with E-state index in [1.165, 1.54) is 17.5 Å². The highest BCUT2D eigenvalue weighted by Crippen LogP contribution is 2.21. The number of rotatable bonds is 12. The summed E-state index contributed by atoms with van der Waals surface area (Å²) in [4.78, 5) is 30.1. The second-order valence-corrected chi connectivity index (χ2v) is 8.61. The van der Waals surface area contributed by atoms with Crippen molar-refractivity contribution in [1.29, 1.82) is 0 Å². The highest BCUT2D eigenvalue weighted by atomic mass is 32.1. The van der Waals surface area contributed by atoms with Crippen LogP contribution in [0.4, 0.5) is 0 Å². The number of amides is 1. The van der Waals surface area contributed by atoms with E-state index in [-0.39, 0.29) is 18.1 Å². The minimum Gasteiger partial charge on any atom is -0.427 e. The largest absolute Gasteiger partial charge is 0.451 e. The number of hydrogen-bond acceptors (Lipinski definition) is 6. The van der Waals surface area contributed by atoms with E-state index in [9.17, 15) is 9.59 Å². The summed E-state index contributed by atoms with van der Waals surface area (Å²) in [7, 11) is -1.31. The van der Waals surface area contributed by atoms with E-state index in [4.69, 9.17) is 10.0 Å². The Kier molecular flexibility index (Phi) is 9.16. The van der Waals surface area contributed by atoms with E-state index < -0.39 is 13.2 Å².